The third-order valence-electron chi connectivity index (χ3n) is 6.55. The molecule has 5 rings (SSSR count). The molecule has 2 fully saturated rings. The predicted molar refractivity (Wildman–Crippen MR) is 133 cm³/mol. The number of nitrogens with zero attached hydrogens (tertiary/aromatic N) is 4. The van der Waals surface area contributed by atoms with Crippen LogP contribution in [0.15, 0.2) is 54.6 Å². The predicted octanol–water partition coefficient (Wildman–Crippen LogP) is 5.01. The molecule has 1 aliphatic heterocycles. The summed E-state index contributed by atoms with van der Waals surface area (Å²) in [5.41, 5.74) is 4.45. The van der Waals surface area contributed by atoms with Crippen LogP contribution in [0.1, 0.15) is 36.6 Å². The molecule has 1 aromatic heterocycles. The lowest BCUT2D eigenvalue weighted by molar-refractivity contribution is -0.132. The Morgan fingerprint density at radius 2 is 1.67 bits per heavy atom. The number of aromatic nitrogens is 2. The summed E-state index contributed by atoms with van der Waals surface area (Å²) in [6, 6.07) is 18.2. The second kappa shape index (κ2) is 9.52. The van der Waals surface area contributed by atoms with Gasteiger partial charge in [0.05, 0.1) is 0 Å². The lowest BCUT2D eigenvalue weighted by atomic mass is 10.0. The number of hydrogen-bond acceptors (Lipinski definition) is 4. The van der Waals surface area contributed by atoms with Crippen molar-refractivity contribution < 1.29 is 4.79 Å². The van der Waals surface area contributed by atoms with Gasteiger partial charge in [-0.05, 0) is 37.0 Å². The molecule has 2 heterocycles. The Hall–Kier alpha value is -2.92. The first-order valence-corrected chi connectivity index (χ1v) is 12.2. The van der Waals surface area contributed by atoms with E-state index in [4.69, 9.17) is 21.6 Å². The standard InChI is InChI=1S/C27H29ClN4O/c1-2-24-23(18-19-8-12-22(28)13-9-19)26(30-25(29-24)20-6-4-3-5-7-20)31-14-16-32(17-15-31)27(33)21-10-11-21/h3-9,12-13,21H,2,10-11,14-18H2,1H3. The van der Waals surface area contributed by atoms with E-state index < -0.39 is 0 Å². The molecule has 1 saturated heterocycles. The Kier molecular flexibility index (Phi) is 6.32. The van der Waals surface area contributed by atoms with Gasteiger partial charge in [-0.15, -0.1) is 0 Å². The van der Waals surface area contributed by atoms with E-state index in [2.05, 4.69) is 36.1 Å². The molecule has 0 N–H and O–H groups in total. The molecule has 170 valence electrons. The van der Waals surface area contributed by atoms with E-state index in [9.17, 15) is 4.79 Å². The molecular weight excluding hydrogens is 432 g/mol. The number of anilines is 1. The molecule has 5 nitrogen and oxygen atoms in total. The van der Waals surface area contributed by atoms with Crippen LogP contribution < -0.4 is 4.90 Å². The maximum Gasteiger partial charge on any atom is 0.225 e. The Morgan fingerprint density at radius 1 is 0.970 bits per heavy atom. The zero-order valence-electron chi connectivity index (χ0n) is 19.0. The number of aryl methyl sites for hydroxylation is 1. The molecule has 6 heteroatoms. The number of halogens is 1. The van der Waals surface area contributed by atoms with E-state index in [0.29, 0.717) is 5.91 Å². The minimum Gasteiger partial charge on any atom is -0.353 e. The molecule has 2 aliphatic rings. The normalized spacial score (nSPS) is 16.2. The summed E-state index contributed by atoms with van der Waals surface area (Å²) < 4.78 is 0. The van der Waals surface area contributed by atoms with Crippen LogP contribution in [0.5, 0.6) is 0 Å². The number of benzene rings is 2. The molecule has 0 atom stereocenters. The highest BCUT2D eigenvalue weighted by Gasteiger charge is 2.35. The van der Waals surface area contributed by atoms with Gasteiger partial charge in [-0.25, -0.2) is 9.97 Å². The lowest BCUT2D eigenvalue weighted by Crippen LogP contribution is -2.49. The summed E-state index contributed by atoms with van der Waals surface area (Å²) in [6.45, 7) is 5.24. The Labute approximate surface area is 200 Å². The first kappa shape index (κ1) is 21.9. The molecule has 0 spiro atoms. The van der Waals surface area contributed by atoms with E-state index in [-0.39, 0.29) is 5.92 Å². The quantitative estimate of drug-likeness (QED) is 0.519. The number of piperazine rings is 1. The van der Waals surface area contributed by atoms with Crippen LogP contribution in [0.25, 0.3) is 11.4 Å². The van der Waals surface area contributed by atoms with Gasteiger partial charge in [-0.3, -0.25) is 4.79 Å². The Balaban J connectivity index is 1.50. The number of hydrogen-bond donors (Lipinski definition) is 0. The van der Waals surface area contributed by atoms with Gasteiger partial charge in [-0.2, -0.15) is 0 Å². The van der Waals surface area contributed by atoms with E-state index in [1.807, 2.05) is 35.2 Å². The number of rotatable bonds is 6. The van der Waals surface area contributed by atoms with Crippen LogP contribution in [0.2, 0.25) is 5.02 Å². The van der Waals surface area contributed by atoms with E-state index >= 15 is 0 Å². The zero-order valence-corrected chi connectivity index (χ0v) is 19.8. The fraction of sp³-hybridized carbons (Fsp3) is 0.370. The van der Waals surface area contributed by atoms with Crippen molar-refractivity contribution in [3.63, 3.8) is 0 Å². The van der Waals surface area contributed by atoms with Crippen molar-refractivity contribution in [3.05, 3.63) is 76.4 Å². The minimum absolute atomic E-state index is 0.271. The highest BCUT2D eigenvalue weighted by molar-refractivity contribution is 6.30. The fourth-order valence-corrected chi connectivity index (χ4v) is 4.63. The smallest absolute Gasteiger partial charge is 0.225 e. The Bertz CT molecular complexity index is 1120. The van der Waals surface area contributed by atoms with Gasteiger partial charge < -0.3 is 9.80 Å². The van der Waals surface area contributed by atoms with Gasteiger partial charge in [0.2, 0.25) is 5.91 Å². The summed E-state index contributed by atoms with van der Waals surface area (Å²) in [5, 5.41) is 0.738. The number of carbonyl (C=O) groups excluding carboxylic acids is 1. The average Bonchev–Trinajstić information content (AvgIpc) is 3.71. The largest absolute Gasteiger partial charge is 0.353 e. The maximum atomic E-state index is 12.5. The fourth-order valence-electron chi connectivity index (χ4n) is 4.50. The van der Waals surface area contributed by atoms with Crippen LogP contribution in [-0.4, -0.2) is 47.0 Å². The molecule has 0 unspecified atom stereocenters. The van der Waals surface area contributed by atoms with Gasteiger partial charge >= 0.3 is 0 Å². The van der Waals surface area contributed by atoms with Gasteiger partial charge in [0.1, 0.15) is 5.82 Å². The van der Waals surface area contributed by atoms with Crippen molar-refractivity contribution in [2.45, 2.75) is 32.6 Å². The number of carbonyl (C=O) groups is 1. The third kappa shape index (κ3) is 4.88. The van der Waals surface area contributed by atoms with E-state index in [0.717, 1.165) is 79.8 Å². The molecule has 0 radical (unpaired) electrons. The van der Waals surface area contributed by atoms with Crippen LogP contribution in [0.3, 0.4) is 0 Å². The molecule has 1 saturated carbocycles. The van der Waals surface area contributed by atoms with Gasteiger partial charge in [-0.1, -0.05) is 61.0 Å². The van der Waals surface area contributed by atoms with Gasteiger partial charge in [0.15, 0.2) is 5.82 Å². The van der Waals surface area contributed by atoms with E-state index in [1.165, 1.54) is 11.1 Å². The monoisotopic (exact) mass is 460 g/mol. The molecule has 1 aliphatic carbocycles. The first-order chi connectivity index (χ1) is 16.1. The van der Waals surface area contributed by atoms with Crippen molar-refractivity contribution in [3.8, 4) is 11.4 Å². The summed E-state index contributed by atoms with van der Waals surface area (Å²) in [7, 11) is 0. The second-order valence-corrected chi connectivity index (χ2v) is 9.34. The SMILES string of the molecule is CCc1nc(-c2ccccc2)nc(N2CCN(C(=O)C3CC3)CC2)c1Cc1ccc(Cl)cc1. The molecule has 1 amide bonds. The van der Waals surface area contributed by atoms with Crippen LogP contribution in [0.4, 0.5) is 5.82 Å². The zero-order chi connectivity index (χ0) is 22.8. The highest BCUT2D eigenvalue weighted by atomic mass is 35.5. The van der Waals surface area contributed by atoms with Crippen LogP contribution >= 0.6 is 11.6 Å². The second-order valence-electron chi connectivity index (χ2n) is 8.91. The minimum atomic E-state index is 0.271. The maximum absolute atomic E-state index is 12.5. The molecule has 0 bridgehead atoms. The van der Waals surface area contributed by atoms with Gasteiger partial charge in [0, 0.05) is 60.4 Å². The summed E-state index contributed by atoms with van der Waals surface area (Å²) in [5.74, 6) is 2.36. The molecular formula is C27H29ClN4O. The average molecular weight is 461 g/mol. The topological polar surface area (TPSA) is 49.3 Å². The summed E-state index contributed by atoms with van der Waals surface area (Å²) in [4.78, 5) is 27.0. The molecule has 33 heavy (non-hydrogen) atoms. The van der Waals surface area contributed by atoms with Crippen LogP contribution in [0, 0.1) is 5.92 Å². The number of amides is 1. The van der Waals surface area contributed by atoms with Crippen molar-refractivity contribution >= 4 is 23.3 Å². The van der Waals surface area contributed by atoms with E-state index in [1.54, 1.807) is 0 Å². The van der Waals surface area contributed by atoms with Crippen molar-refractivity contribution in [1.29, 1.82) is 0 Å². The molecule has 3 aromatic rings. The van der Waals surface area contributed by atoms with Crippen LogP contribution in [-0.2, 0) is 17.6 Å². The summed E-state index contributed by atoms with van der Waals surface area (Å²) >= 11 is 6.12. The highest BCUT2D eigenvalue weighted by Crippen LogP contribution is 2.33. The molecule has 2 aromatic carbocycles. The third-order valence-corrected chi connectivity index (χ3v) is 6.80. The van der Waals surface area contributed by atoms with Crippen molar-refractivity contribution in [1.82, 2.24) is 14.9 Å². The summed E-state index contributed by atoms with van der Waals surface area (Å²) in [6.07, 6.45) is 3.69. The van der Waals surface area contributed by atoms with Crippen molar-refractivity contribution in [2.24, 2.45) is 5.92 Å². The van der Waals surface area contributed by atoms with Crippen molar-refractivity contribution in [2.75, 3.05) is 31.1 Å². The Morgan fingerprint density at radius 3 is 2.30 bits per heavy atom. The van der Waals surface area contributed by atoms with Gasteiger partial charge in [0.25, 0.3) is 0 Å². The lowest BCUT2D eigenvalue weighted by Gasteiger charge is -2.37. The first-order valence-electron chi connectivity index (χ1n) is 11.9.